The third-order valence-corrected chi connectivity index (χ3v) is 3.27. The van der Waals surface area contributed by atoms with Crippen LogP contribution in [-0.4, -0.2) is 27.8 Å². The van der Waals surface area contributed by atoms with Crippen molar-refractivity contribution in [2.45, 2.75) is 26.3 Å². The van der Waals surface area contributed by atoms with E-state index in [0.717, 1.165) is 4.90 Å². The van der Waals surface area contributed by atoms with Gasteiger partial charge in [-0.05, 0) is 5.56 Å². The molecule has 1 N–H and O–H groups in total. The second-order valence-corrected chi connectivity index (χ2v) is 5.28. The maximum absolute atomic E-state index is 12.2. The highest BCUT2D eigenvalue weighted by Gasteiger charge is 2.49. The molecular weight excluding hydrogens is 246 g/mol. The zero-order valence-electron chi connectivity index (χ0n) is 10.8. The maximum atomic E-state index is 12.2. The first-order valence-corrected chi connectivity index (χ1v) is 5.99. The van der Waals surface area contributed by atoms with Crippen molar-refractivity contribution in [3.05, 3.63) is 35.9 Å². The first kappa shape index (κ1) is 13.3. The van der Waals surface area contributed by atoms with E-state index >= 15 is 0 Å². The summed E-state index contributed by atoms with van der Waals surface area (Å²) in [6, 6.07) is 7.07. The number of imide groups is 1. The van der Waals surface area contributed by atoms with E-state index in [2.05, 4.69) is 0 Å². The molecule has 1 aliphatic heterocycles. The summed E-state index contributed by atoms with van der Waals surface area (Å²) in [5.41, 5.74) is -0.408. The maximum Gasteiger partial charge on any atom is 0.331 e. The number of carbonyl (C=O) groups excluding carboxylic acids is 2. The van der Waals surface area contributed by atoms with Gasteiger partial charge in [0.15, 0.2) is 6.04 Å². The van der Waals surface area contributed by atoms with Crippen molar-refractivity contribution >= 4 is 17.8 Å². The highest BCUT2D eigenvalue weighted by Crippen LogP contribution is 2.37. The van der Waals surface area contributed by atoms with E-state index in [1.54, 1.807) is 44.2 Å². The topological polar surface area (TPSA) is 74.7 Å². The Hall–Kier alpha value is -2.17. The van der Waals surface area contributed by atoms with E-state index in [-0.39, 0.29) is 6.42 Å². The third-order valence-electron chi connectivity index (χ3n) is 3.27. The van der Waals surface area contributed by atoms with Gasteiger partial charge in [0.25, 0.3) is 0 Å². The Bertz CT molecular complexity index is 536. The van der Waals surface area contributed by atoms with Gasteiger partial charge in [0.1, 0.15) is 0 Å². The van der Waals surface area contributed by atoms with Crippen molar-refractivity contribution in [2.24, 2.45) is 5.41 Å². The standard InChI is InChI=1S/C14H15NO4/c1-14(2)8-10(16)15(13(14)19)11(12(17)18)9-6-4-3-5-7-9/h3-7,11H,8H2,1-2H3,(H,17,18). The normalized spacial score (nSPS) is 19.6. The number of rotatable bonds is 3. The fourth-order valence-corrected chi connectivity index (χ4v) is 2.28. The molecular formula is C14H15NO4. The highest BCUT2D eigenvalue weighted by atomic mass is 16.4. The number of likely N-dealkylation sites (tertiary alicyclic amines) is 1. The Morgan fingerprint density at radius 1 is 1.26 bits per heavy atom. The van der Waals surface area contributed by atoms with Crippen molar-refractivity contribution < 1.29 is 19.5 Å². The van der Waals surface area contributed by atoms with Crippen molar-refractivity contribution in [2.75, 3.05) is 0 Å². The summed E-state index contributed by atoms with van der Waals surface area (Å²) >= 11 is 0. The third kappa shape index (κ3) is 2.23. The van der Waals surface area contributed by atoms with Gasteiger partial charge in [-0.2, -0.15) is 0 Å². The molecule has 0 aromatic heterocycles. The number of carbonyl (C=O) groups is 3. The van der Waals surface area contributed by atoms with Crippen LogP contribution in [0.2, 0.25) is 0 Å². The number of hydrogen-bond donors (Lipinski definition) is 1. The van der Waals surface area contributed by atoms with Gasteiger partial charge in [-0.25, -0.2) is 4.79 Å². The number of aliphatic carboxylic acids is 1. The Labute approximate surface area is 110 Å². The first-order chi connectivity index (χ1) is 8.84. The summed E-state index contributed by atoms with van der Waals surface area (Å²) in [6.45, 7) is 3.30. The van der Waals surface area contributed by atoms with Gasteiger partial charge in [0.2, 0.25) is 11.8 Å². The van der Waals surface area contributed by atoms with Gasteiger partial charge in [-0.3, -0.25) is 14.5 Å². The van der Waals surface area contributed by atoms with Crippen LogP contribution in [-0.2, 0) is 14.4 Å². The molecule has 1 saturated heterocycles. The fourth-order valence-electron chi connectivity index (χ4n) is 2.28. The first-order valence-electron chi connectivity index (χ1n) is 5.99. The van der Waals surface area contributed by atoms with Gasteiger partial charge in [-0.15, -0.1) is 0 Å². The lowest BCUT2D eigenvalue weighted by atomic mass is 9.92. The summed E-state index contributed by atoms with van der Waals surface area (Å²) in [6.07, 6.45) is 0.0441. The van der Waals surface area contributed by atoms with E-state index in [1.807, 2.05) is 0 Å². The van der Waals surface area contributed by atoms with Crippen LogP contribution >= 0.6 is 0 Å². The van der Waals surface area contributed by atoms with E-state index in [0.29, 0.717) is 5.56 Å². The Kier molecular flexibility index (Phi) is 3.14. The molecule has 100 valence electrons. The SMILES string of the molecule is CC1(C)CC(=O)N(C(C(=O)O)c2ccccc2)C1=O. The van der Waals surface area contributed by atoms with Crippen LogP contribution in [0.15, 0.2) is 30.3 Å². The molecule has 0 aliphatic carbocycles. The Morgan fingerprint density at radius 3 is 2.26 bits per heavy atom. The summed E-state index contributed by atoms with van der Waals surface area (Å²) in [5.74, 6) is -2.08. The van der Waals surface area contributed by atoms with Crippen LogP contribution in [0, 0.1) is 5.41 Å². The second-order valence-electron chi connectivity index (χ2n) is 5.28. The zero-order chi connectivity index (χ0) is 14.2. The molecule has 0 radical (unpaired) electrons. The lowest BCUT2D eigenvalue weighted by Crippen LogP contribution is -2.40. The van der Waals surface area contributed by atoms with Crippen molar-refractivity contribution in [1.82, 2.24) is 4.90 Å². The van der Waals surface area contributed by atoms with Gasteiger partial charge in [0, 0.05) is 6.42 Å². The number of nitrogens with zero attached hydrogens (tertiary/aromatic N) is 1. The molecule has 1 fully saturated rings. The van der Waals surface area contributed by atoms with Gasteiger partial charge < -0.3 is 5.11 Å². The molecule has 5 nitrogen and oxygen atoms in total. The van der Waals surface area contributed by atoms with Crippen LogP contribution in [0.3, 0.4) is 0 Å². The molecule has 2 rings (SSSR count). The van der Waals surface area contributed by atoms with Crippen LogP contribution in [0.1, 0.15) is 31.9 Å². The summed E-state index contributed by atoms with van der Waals surface area (Å²) in [7, 11) is 0. The monoisotopic (exact) mass is 261 g/mol. The number of amides is 2. The number of benzene rings is 1. The smallest absolute Gasteiger partial charge is 0.331 e. The zero-order valence-corrected chi connectivity index (χ0v) is 10.8. The van der Waals surface area contributed by atoms with Crippen molar-refractivity contribution in [3.8, 4) is 0 Å². The largest absolute Gasteiger partial charge is 0.479 e. The molecule has 5 heteroatoms. The summed E-state index contributed by atoms with van der Waals surface area (Å²) in [4.78, 5) is 36.5. The van der Waals surface area contributed by atoms with Gasteiger partial charge >= 0.3 is 5.97 Å². The minimum Gasteiger partial charge on any atom is -0.479 e. The second kappa shape index (κ2) is 4.50. The molecule has 1 unspecified atom stereocenters. The molecule has 1 aromatic carbocycles. The average Bonchev–Trinajstić information content (AvgIpc) is 2.53. The van der Waals surface area contributed by atoms with Crippen molar-refractivity contribution in [3.63, 3.8) is 0 Å². The minimum atomic E-state index is -1.25. The van der Waals surface area contributed by atoms with E-state index in [9.17, 15) is 19.5 Å². The number of carboxylic acid groups (broad SMARTS) is 1. The highest BCUT2D eigenvalue weighted by molar-refractivity contribution is 6.08. The average molecular weight is 261 g/mol. The van der Waals surface area contributed by atoms with E-state index in [4.69, 9.17) is 0 Å². The number of hydrogen-bond acceptors (Lipinski definition) is 3. The Balaban J connectivity index is 2.45. The lowest BCUT2D eigenvalue weighted by molar-refractivity contribution is -0.155. The predicted octanol–water partition coefficient (Wildman–Crippen LogP) is 1.60. The molecule has 1 aliphatic rings. The lowest BCUT2D eigenvalue weighted by Gasteiger charge is -2.24. The molecule has 1 heterocycles. The van der Waals surface area contributed by atoms with Crippen molar-refractivity contribution in [1.29, 1.82) is 0 Å². The van der Waals surface area contributed by atoms with Crippen LogP contribution < -0.4 is 0 Å². The van der Waals surface area contributed by atoms with Gasteiger partial charge in [0.05, 0.1) is 5.41 Å². The fraction of sp³-hybridized carbons (Fsp3) is 0.357. The quantitative estimate of drug-likeness (QED) is 0.838. The molecule has 2 amide bonds. The predicted molar refractivity (Wildman–Crippen MR) is 67.1 cm³/mol. The molecule has 1 atom stereocenters. The summed E-state index contributed by atoms with van der Waals surface area (Å²) in [5, 5.41) is 9.35. The molecule has 0 saturated carbocycles. The van der Waals surface area contributed by atoms with Crippen LogP contribution in [0.25, 0.3) is 0 Å². The molecule has 19 heavy (non-hydrogen) atoms. The molecule has 0 bridgehead atoms. The van der Waals surface area contributed by atoms with E-state index in [1.165, 1.54) is 0 Å². The molecule has 0 spiro atoms. The van der Waals surface area contributed by atoms with E-state index < -0.39 is 29.2 Å². The van der Waals surface area contributed by atoms with Gasteiger partial charge in [-0.1, -0.05) is 44.2 Å². The Morgan fingerprint density at radius 2 is 1.84 bits per heavy atom. The molecule has 1 aromatic rings. The minimum absolute atomic E-state index is 0.0441. The number of carboxylic acids is 1. The van der Waals surface area contributed by atoms with Crippen LogP contribution in [0.4, 0.5) is 0 Å². The van der Waals surface area contributed by atoms with Crippen LogP contribution in [0.5, 0.6) is 0 Å². The summed E-state index contributed by atoms with van der Waals surface area (Å²) < 4.78 is 0.